The molecule has 3 rings (SSSR count). The van der Waals surface area contributed by atoms with Crippen molar-refractivity contribution in [3.05, 3.63) is 64.7 Å². The molecule has 26 heavy (non-hydrogen) atoms. The Balaban J connectivity index is 1.75. The van der Waals surface area contributed by atoms with Gasteiger partial charge in [-0.3, -0.25) is 9.59 Å². The molecule has 6 heteroatoms. The van der Waals surface area contributed by atoms with Crippen molar-refractivity contribution in [2.75, 3.05) is 19.7 Å². The molecule has 0 aromatic heterocycles. The van der Waals surface area contributed by atoms with E-state index >= 15 is 0 Å². The van der Waals surface area contributed by atoms with Gasteiger partial charge in [0, 0.05) is 18.1 Å². The topological polar surface area (TPSA) is 58.6 Å². The summed E-state index contributed by atoms with van der Waals surface area (Å²) in [4.78, 5) is 26.5. The predicted octanol–water partition coefficient (Wildman–Crippen LogP) is 3.12. The largest absolute Gasteiger partial charge is 0.483 e. The first-order valence-corrected chi connectivity index (χ1v) is 8.92. The van der Waals surface area contributed by atoms with Gasteiger partial charge in [-0.1, -0.05) is 41.9 Å². The van der Waals surface area contributed by atoms with Crippen LogP contribution in [0.4, 0.5) is 0 Å². The van der Waals surface area contributed by atoms with E-state index in [9.17, 15) is 9.59 Å². The Morgan fingerprint density at radius 2 is 2.04 bits per heavy atom. The lowest BCUT2D eigenvalue weighted by molar-refractivity contribution is -0.136. The van der Waals surface area contributed by atoms with Gasteiger partial charge in [0.15, 0.2) is 6.61 Å². The Labute approximate surface area is 157 Å². The smallest absolute Gasteiger partial charge is 0.261 e. The molecular weight excluding hydrogens is 352 g/mol. The van der Waals surface area contributed by atoms with Crippen molar-refractivity contribution in [3.63, 3.8) is 0 Å². The lowest BCUT2D eigenvalue weighted by Gasteiger charge is -2.29. The molecule has 1 heterocycles. The van der Waals surface area contributed by atoms with E-state index in [1.165, 1.54) is 0 Å². The van der Waals surface area contributed by atoms with Crippen LogP contribution >= 0.6 is 11.6 Å². The first-order chi connectivity index (χ1) is 12.5. The van der Waals surface area contributed by atoms with E-state index in [0.29, 0.717) is 23.9 Å². The van der Waals surface area contributed by atoms with Crippen LogP contribution in [0.3, 0.4) is 0 Å². The van der Waals surface area contributed by atoms with Crippen LogP contribution in [-0.4, -0.2) is 36.4 Å². The van der Waals surface area contributed by atoms with Crippen molar-refractivity contribution in [2.45, 2.75) is 19.4 Å². The highest BCUT2D eigenvalue weighted by atomic mass is 35.5. The number of carbonyl (C=O) groups excluding carboxylic acids is 2. The lowest BCUT2D eigenvalue weighted by atomic mass is 10.0. The molecule has 136 valence electrons. The normalized spacial score (nSPS) is 17.4. The minimum atomic E-state index is -0.291. The molecule has 1 unspecified atom stereocenters. The van der Waals surface area contributed by atoms with Gasteiger partial charge in [-0.2, -0.15) is 0 Å². The molecule has 1 aliphatic heterocycles. The fourth-order valence-corrected chi connectivity index (χ4v) is 3.32. The molecule has 1 saturated heterocycles. The molecule has 0 aliphatic carbocycles. The van der Waals surface area contributed by atoms with Crippen molar-refractivity contribution >= 4 is 23.4 Å². The van der Waals surface area contributed by atoms with Gasteiger partial charge in [-0.15, -0.1) is 0 Å². The predicted molar refractivity (Wildman–Crippen MR) is 100 cm³/mol. The summed E-state index contributed by atoms with van der Waals surface area (Å²) in [6.45, 7) is 2.69. The highest BCUT2D eigenvalue weighted by molar-refractivity contribution is 6.30. The van der Waals surface area contributed by atoms with Gasteiger partial charge in [0.25, 0.3) is 5.91 Å². The number of rotatable bonds is 4. The number of benzene rings is 2. The molecule has 0 saturated carbocycles. The number of aryl methyl sites for hydroxylation is 1. The SMILES string of the molecule is Cc1cc(Cl)ccc1OCC(=O)N1CCNC(=O)CC1c1ccccc1. The van der Waals surface area contributed by atoms with Gasteiger partial charge >= 0.3 is 0 Å². The molecule has 2 aromatic carbocycles. The highest BCUT2D eigenvalue weighted by Crippen LogP contribution is 2.26. The summed E-state index contributed by atoms with van der Waals surface area (Å²) in [5, 5.41) is 3.46. The van der Waals surface area contributed by atoms with Gasteiger partial charge in [0.05, 0.1) is 12.5 Å². The molecule has 1 N–H and O–H groups in total. The van der Waals surface area contributed by atoms with Crippen LogP contribution in [0.1, 0.15) is 23.6 Å². The van der Waals surface area contributed by atoms with Crippen molar-refractivity contribution in [1.82, 2.24) is 10.2 Å². The Kier molecular flexibility index (Phi) is 5.78. The third kappa shape index (κ3) is 4.35. The minimum absolute atomic E-state index is 0.0522. The maximum absolute atomic E-state index is 12.8. The van der Waals surface area contributed by atoms with Crippen molar-refractivity contribution < 1.29 is 14.3 Å². The van der Waals surface area contributed by atoms with Crippen molar-refractivity contribution in [1.29, 1.82) is 0 Å². The van der Waals surface area contributed by atoms with Gasteiger partial charge < -0.3 is 15.0 Å². The molecule has 1 fully saturated rings. The molecule has 5 nitrogen and oxygen atoms in total. The summed E-state index contributed by atoms with van der Waals surface area (Å²) in [5.41, 5.74) is 1.82. The summed E-state index contributed by atoms with van der Waals surface area (Å²) in [5.74, 6) is 0.427. The Morgan fingerprint density at radius 1 is 1.27 bits per heavy atom. The van der Waals surface area contributed by atoms with Crippen LogP contribution in [0.2, 0.25) is 5.02 Å². The van der Waals surface area contributed by atoms with Crippen LogP contribution in [0.25, 0.3) is 0 Å². The molecule has 0 spiro atoms. The van der Waals surface area contributed by atoms with Gasteiger partial charge in [-0.05, 0) is 36.2 Å². The third-order valence-corrected chi connectivity index (χ3v) is 4.66. The number of nitrogens with one attached hydrogen (secondary N) is 1. The molecule has 2 aromatic rings. The Morgan fingerprint density at radius 3 is 2.77 bits per heavy atom. The van der Waals surface area contributed by atoms with E-state index in [2.05, 4.69) is 5.32 Å². The van der Waals surface area contributed by atoms with Crippen LogP contribution in [-0.2, 0) is 9.59 Å². The second kappa shape index (κ2) is 8.23. The highest BCUT2D eigenvalue weighted by Gasteiger charge is 2.29. The van der Waals surface area contributed by atoms with E-state index in [-0.39, 0.29) is 30.9 Å². The molecule has 0 bridgehead atoms. The van der Waals surface area contributed by atoms with Crippen LogP contribution in [0.5, 0.6) is 5.75 Å². The zero-order chi connectivity index (χ0) is 18.5. The maximum atomic E-state index is 12.8. The average Bonchev–Trinajstić information content (AvgIpc) is 2.83. The van der Waals surface area contributed by atoms with Crippen LogP contribution in [0.15, 0.2) is 48.5 Å². The first kappa shape index (κ1) is 18.3. The fraction of sp³-hybridized carbons (Fsp3) is 0.300. The Hall–Kier alpha value is -2.53. The van der Waals surface area contributed by atoms with E-state index in [0.717, 1.165) is 11.1 Å². The summed E-state index contributed by atoms with van der Waals surface area (Å²) < 4.78 is 5.70. The Bertz CT molecular complexity index is 795. The monoisotopic (exact) mass is 372 g/mol. The second-order valence-electron chi connectivity index (χ2n) is 6.27. The number of amides is 2. The van der Waals surface area contributed by atoms with E-state index < -0.39 is 0 Å². The standard InChI is InChI=1S/C20H21ClN2O3/c1-14-11-16(21)7-8-18(14)26-13-20(25)23-10-9-22-19(24)12-17(23)15-5-3-2-4-6-15/h2-8,11,17H,9-10,12-13H2,1H3,(H,22,24). The number of halogens is 1. The first-order valence-electron chi connectivity index (χ1n) is 8.54. The minimum Gasteiger partial charge on any atom is -0.483 e. The fourth-order valence-electron chi connectivity index (χ4n) is 3.10. The van der Waals surface area contributed by atoms with E-state index in [1.54, 1.807) is 23.1 Å². The van der Waals surface area contributed by atoms with Crippen molar-refractivity contribution in [3.8, 4) is 5.75 Å². The third-order valence-electron chi connectivity index (χ3n) is 4.42. The summed E-state index contributed by atoms with van der Waals surface area (Å²) in [6, 6.07) is 14.6. The lowest BCUT2D eigenvalue weighted by Crippen LogP contribution is -2.39. The van der Waals surface area contributed by atoms with Crippen LogP contribution < -0.4 is 10.1 Å². The number of carbonyl (C=O) groups is 2. The molecular formula is C20H21ClN2O3. The molecule has 1 atom stereocenters. The van der Waals surface area contributed by atoms with E-state index in [4.69, 9.17) is 16.3 Å². The second-order valence-corrected chi connectivity index (χ2v) is 6.70. The molecule has 0 radical (unpaired) electrons. The zero-order valence-electron chi connectivity index (χ0n) is 14.6. The van der Waals surface area contributed by atoms with E-state index in [1.807, 2.05) is 37.3 Å². The van der Waals surface area contributed by atoms with Gasteiger partial charge in [-0.25, -0.2) is 0 Å². The zero-order valence-corrected chi connectivity index (χ0v) is 15.3. The summed E-state index contributed by atoms with van der Waals surface area (Å²) in [7, 11) is 0. The number of hydrogen-bond donors (Lipinski definition) is 1. The van der Waals surface area contributed by atoms with Crippen molar-refractivity contribution in [2.24, 2.45) is 0 Å². The quantitative estimate of drug-likeness (QED) is 0.897. The summed E-state index contributed by atoms with van der Waals surface area (Å²) >= 11 is 5.95. The molecule has 1 aliphatic rings. The summed E-state index contributed by atoms with van der Waals surface area (Å²) in [6.07, 6.45) is 0.246. The average molecular weight is 373 g/mol. The molecule has 2 amide bonds. The maximum Gasteiger partial charge on any atom is 0.261 e. The van der Waals surface area contributed by atoms with Crippen LogP contribution in [0, 0.1) is 6.92 Å². The van der Waals surface area contributed by atoms with Gasteiger partial charge in [0.2, 0.25) is 5.91 Å². The van der Waals surface area contributed by atoms with Gasteiger partial charge in [0.1, 0.15) is 5.75 Å². The number of nitrogens with zero attached hydrogens (tertiary/aromatic N) is 1. The number of ether oxygens (including phenoxy) is 1. The number of hydrogen-bond acceptors (Lipinski definition) is 3.